The largest absolute Gasteiger partial charge is 0.495 e. The van der Waals surface area contributed by atoms with Crippen LogP contribution in [0.5, 0.6) is 5.75 Å². The van der Waals surface area contributed by atoms with Crippen LogP contribution in [0, 0.1) is 6.92 Å². The number of hydrogen-bond donors (Lipinski definition) is 1. The van der Waals surface area contributed by atoms with Gasteiger partial charge < -0.3 is 14.8 Å². The molecule has 0 radical (unpaired) electrons. The summed E-state index contributed by atoms with van der Waals surface area (Å²) in [5.41, 5.74) is 1.75. The van der Waals surface area contributed by atoms with Crippen molar-refractivity contribution in [1.82, 2.24) is 4.31 Å². The van der Waals surface area contributed by atoms with Gasteiger partial charge in [-0.25, -0.2) is 8.42 Å². The van der Waals surface area contributed by atoms with Gasteiger partial charge in [-0.15, -0.1) is 0 Å². The van der Waals surface area contributed by atoms with Crippen molar-refractivity contribution in [3.8, 4) is 5.75 Å². The molecule has 7 nitrogen and oxygen atoms in total. The molecule has 1 aliphatic rings. The summed E-state index contributed by atoms with van der Waals surface area (Å²) in [6, 6.07) is 11.5. The molecule has 0 aliphatic carbocycles. The Balaban J connectivity index is 1.86. The maximum Gasteiger partial charge on any atom is 0.255 e. The molecule has 0 aromatic heterocycles. The summed E-state index contributed by atoms with van der Waals surface area (Å²) in [4.78, 5) is 12.8. The summed E-state index contributed by atoms with van der Waals surface area (Å²) in [6.07, 6.45) is -0.373. The first-order valence-electron chi connectivity index (χ1n) is 9.42. The van der Waals surface area contributed by atoms with E-state index in [0.29, 0.717) is 11.4 Å². The summed E-state index contributed by atoms with van der Waals surface area (Å²) in [5, 5.41) is 2.80. The molecule has 1 heterocycles. The molecule has 8 heteroatoms. The Labute approximate surface area is 171 Å². The van der Waals surface area contributed by atoms with E-state index in [4.69, 9.17) is 9.47 Å². The normalized spacial score (nSPS) is 20.3. The lowest BCUT2D eigenvalue weighted by molar-refractivity contribution is -0.0440. The molecule has 29 heavy (non-hydrogen) atoms. The highest BCUT2D eigenvalue weighted by atomic mass is 32.2. The van der Waals surface area contributed by atoms with Crippen molar-refractivity contribution >= 4 is 21.6 Å². The average molecular weight is 419 g/mol. The fourth-order valence-electron chi connectivity index (χ4n) is 3.39. The van der Waals surface area contributed by atoms with E-state index in [1.165, 1.54) is 23.5 Å². The maximum absolute atomic E-state index is 13.1. The van der Waals surface area contributed by atoms with E-state index in [2.05, 4.69) is 5.32 Å². The molecular weight excluding hydrogens is 392 g/mol. The van der Waals surface area contributed by atoms with Crippen LogP contribution in [0.4, 0.5) is 5.69 Å². The van der Waals surface area contributed by atoms with Gasteiger partial charge in [0.05, 0.1) is 29.9 Å². The molecule has 2 aromatic carbocycles. The van der Waals surface area contributed by atoms with Crippen LogP contribution in [-0.4, -0.2) is 51.0 Å². The average Bonchev–Trinajstić information content (AvgIpc) is 2.67. The van der Waals surface area contributed by atoms with Crippen LogP contribution in [0.3, 0.4) is 0 Å². The molecule has 1 saturated heterocycles. The van der Waals surface area contributed by atoms with Gasteiger partial charge in [0.2, 0.25) is 10.0 Å². The first kappa shape index (κ1) is 21.3. The van der Waals surface area contributed by atoms with Crippen molar-refractivity contribution in [2.24, 2.45) is 0 Å². The summed E-state index contributed by atoms with van der Waals surface area (Å²) in [6.45, 7) is 6.16. The minimum Gasteiger partial charge on any atom is -0.495 e. The molecule has 156 valence electrons. The maximum atomic E-state index is 13.1. The predicted molar refractivity (Wildman–Crippen MR) is 111 cm³/mol. The van der Waals surface area contributed by atoms with E-state index in [1.54, 1.807) is 24.3 Å². The molecule has 0 bridgehead atoms. The molecule has 3 rings (SSSR count). The van der Waals surface area contributed by atoms with Crippen molar-refractivity contribution in [2.75, 3.05) is 25.5 Å². The zero-order chi connectivity index (χ0) is 21.2. The van der Waals surface area contributed by atoms with Gasteiger partial charge in [-0.05, 0) is 56.7 Å². The van der Waals surface area contributed by atoms with E-state index in [-0.39, 0.29) is 35.8 Å². The fraction of sp³-hybridized carbons (Fsp3) is 0.381. The Morgan fingerprint density at radius 1 is 1.14 bits per heavy atom. The highest BCUT2D eigenvalue weighted by Crippen LogP contribution is 2.26. The lowest BCUT2D eigenvalue weighted by Crippen LogP contribution is -2.48. The summed E-state index contributed by atoms with van der Waals surface area (Å²) in [7, 11) is -2.20. The van der Waals surface area contributed by atoms with E-state index < -0.39 is 15.9 Å². The number of nitrogens with one attached hydrogen (secondary N) is 1. The topological polar surface area (TPSA) is 84.9 Å². The summed E-state index contributed by atoms with van der Waals surface area (Å²) < 4.78 is 38.5. The Hall–Kier alpha value is -2.42. The molecular formula is C21H26N2O5S. The third kappa shape index (κ3) is 4.77. The van der Waals surface area contributed by atoms with Gasteiger partial charge in [0.15, 0.2) is 0 Å². The molecule has 0 saturated carbocycles. The van der Waals surface area contributed by atoms with Crippen LogP contribution >= 0.6 is 0 Å². The highest BCUT2D eigenvalue weighted by Gasteiger charge is 2.32. The second-order valence-electron chi connectivity index (χ2n) is 7.27. The number of morpholine rings is 1. The number of carbonyl (C=O) groups is 1. The van der Waals surface area contributed by atoms with Crippen molar-refractivity contribution in [3.63, 3.8) is 0 Å². The smallest absolute Gasteiger partial charge is 0.255 e. The van der Waals surface area contributed by atoms with Crippen LogP contribution in [0.15, 0.2) is 47.4 Å². The van der Waals surface area contributed by atoms with Crippen LogP contribution in [-0.2, 0) is 14.8 Å². The van der Waals surface area contributed by atoms with Gasteiger partial charge in [-0.2, -0.15) is 4.31 Å². The summed E-state index contributed by atoms with van der Waals surface area (Å²) >= 11 is 0. The second-order valence-corrected chi connectivity index (χ2v) is 9.20. The lowest BCUT2D eigenvalue weighted by Gasteiger charge is -2.34. The molecule has 2 aromatic rings. The van der Waals surface area contributed by atoms with Crippen molar-refractivity contribution in [2.45, 2.75) is 37.9 Å². The zero-order valence-electron chi connectivity index (χ0n) is 17.0. The molecule has 1 amide bonds. The predicted octanol–water partition coefficient (Wildman–Crippen LogP) is 3.05. The number of carbonyl (C=O) groups excluding carboxylic acids is 1. The third-order valence-corrected chi connectivity index (χ3v) is 6.55. The molecule has 1 aliphatic heterocycles. The Bertz CT molecular complexity index is 996. The number of ether oxygens (including phenoxy) is 2. The van der Waals surface area contributed by atoms with Crippen molar-refractivity contribution in [1.29, 1.82) is 0 Å². The number of sulfonamides is 1. The molecule has 1 N–H and O–H groups in total. The molecule has 0 spiro atoms. The number of amides is 1. The standard InChI is InChI=1S/C21H26N2O5S/c1-14-8-9-20(27-4)19(10-14)22-21(24)17-6-5-7-18(11-17)29(25,26)23-12-15(2)28-16(3)13-23/h5-11,15-16H,12-13H2,1-4H3,(H,22,24). The van der Waals surface area contributed by atoms with Gasteiger partial charge in [-0.3, -0.25) is 4.79 Å². The lowest BCUT2D eigenvalue weighted by atomic mass is 10.1. The SMILES string of the molecule is COc1ccc(C)cc1NC(=O)c1cccc(S(=O)(=O)N2CC(C)OC(C)C2)c1. The van der Waals surface area contributed by atoms with Gasteiger partial charge in [0, 0.05) is 18.7 Å². The number of nitrogens with zero attached hydrogens (tertiary/aromatic N) is 1. The van der Waals surface area contributed by atoms with Gasteiger partial charge in [-0.1, -0.05) is 12.1 Å². The third-order valence-electron chi connectivity index (χ3n) is 4.72. The minimum absolute atomic E-state index is 0.0858. The van der Waals surface area contributed by atoms with E-state index >= 15 is 0 Å². The van der Waals surface area contributed by atoms with Gasteiger partial charge in [0.25, 0.3) is 5.91 Å². The van der Waals surface area contributed by atoms with Crippen LogP contribution in [0.1, 0.15) is 29.8 Å². The quantitative estimate of drug-likeness (QED) is 0.807. The monoisotopic (exact) mass is 418 g/mol. The van der Waals surface area contributed by atoms with E-state index in [1.807, 2.05) is 26.8 Å². The van der Waals surface area contributed by atoms with Crippen LogP contribution in [0.2, 0.25) is 0 Å². The van der Waals surface area contributed by atoms with Gasteiger partial charge >= 0.3 is 0 Å². The molecule has 2 unspecified atom stereocenters. The zero-order valence-corrected chi connectivity index (χ0v) is 17.8. The highest BCUT2D eigenvalue weighted by molar-refractivity contribution is 7.89. The minimum atomic E-state index is -3.73. The number of anilines is 1. The number of aryl methyl sites for hydroxylation is 1. The number of methoxy groups -OCH3 is 1. The fourth-order valence-corrected chi connectivity index (χ4v) is 5.02. The van der Waals surface area contributed by atoms with Crippen molar-refractivity contribution in [3.05, 3.63) is 53.6 Å². The Morgan fingerprint density at radius 3 is 2.48 bits per heavy atom. The van der Waals surface area contributed by atoms with E-state index in [9.17, 15) is 13.2 Å². The second kappa shape index (κ2) is 8.52. The first-order chi connectivity index (χ1) is 13.7. The first-order valence-corrected chi connectivity index (χ1v) is 10.9. The van der Waals surface area contributed by atoms with Gasteiger partial charge in [0.1, 0.15) is 5.75 Å². The Kier molecular flexibility index (Phi) is 6.26. The number of hydrogen-bond acceptors (Lipinski definition) is 5. The molecule has 1 fully saturated rings. The molecule has 2 atom stereocenters. The van der Waals surface area contributed by atoms with Crippen LogP contribution < -0.4 is 10.1 Å². The Morgan fingerprint density at radius 2 is 1.83 bits per heavy atom. The summed E-state index contributed by atoms with van der Waals surface area (Å²) in [5.74, 6) is 0.124. The van der Waals surface area contributed by atoms with E-state index in [0.717, 1.165) is 5.56 Å². The number of benzene rings is 2. The van der Waals surface area contributed by atoms with Crippen LogP contribution in [0.25, 0.3) is 0 Å². The number of rotatable bonds is 5. The van der Waals surface area contributed by atoms with Crippen molar-refractivity contribution < 1.29 is 22.7 Å².